The van der Waals surface area contributed by atoms with Crippen molar-refractivity contribution in [2.24, 2.45) is 0 Å². The van der Waals surface area contributed by atoms with Crippen LogP contribution in [0.2, 0.25) is 0 Å². The quantitative estimate of drug-likeness (QED) is 0.281. The van der Waals surface area contributed by atoms with Gasteiger partial charge < -0.3 is 9.80 Å². The molecule has 2 aromatic carbocycles. The molecule has 0 aromatic heterocycles. The van der Waals surface area contributed by atoms with Gasteiger partial charge in [-0.2, -0.15) is 0 Å². The molecule has 0 N–H and O–H groups in total. The Labute approximate surface area is 228 Å². The van der Waals surface area contributed by atoms with Gasteiger partial charge in [0.1, 0.15) is 0 Å². The van der Waals surface area contributed by atoms with Gasteiger partial charge in [-0.15, -0.1) is 12.4 Å². The van der Waals surface area contributed by atoms with Crippen LogP contribution in [-0.4, -0.2) is 6.67 Å². The average molecular weight is 679 g/mol. The number of anilines is 2. The SMILES string of the molecule is CC(C)c1cc(I)cc(C(C)C)c1N1C=CN(c2c(C(C)C)cc(I)cc2C(C)C)C1.Cl. The van der Waals surface area contributed by atoms with Crippen molar-refractivity contribution in [3.63, 3.8) is 0 Å². The van der Waals surface area contributed by atoms with Crippen LogP contribution < -0.4 is 9.80 Å². The highest BCUT2D eigenvalue weighted by Crippen LogP contribution is 2.42. The Bertz CT molecular complexity index is 844. The minimum atomic E-state index is 0. The van der Waals surface area contributed by atoms with Gasteiger partial charge in [-0.25, -0.2) is 0 Å². The van der Waals surface area contributed by atoms with E-state index in [2.05, 4.69) is 147 Å². The van der Waals surface area contributed by atoms with Crippen molar-refractivity contribution in [1.82, 2.24) is 0 Å². The third-order valence-corrected chi connectivity index (χ3v) is 7.31. The maximum absolute atomic E-state index is 2.47. The third kappa shape index (κ3) is 5.77. The fourth-order valence-corrected chi connectivity index (χ4v) is 5.76. The first-order valence-corrected chi connectivity index (χ1v) is 13.5. The molecule has 3 rings (SSSR count). The van der Waals surface area contributed by atoms with E-state index in [-0.39, 0.29) is 12.4 Å². The van der Waals surface area contributed by atoms with Crippen LogP contribution in [0.5, 0.6) is 0 Å². The lowest BCUT2D eigenvalue weighted by atomic mass is 9.91. The number of rotatable bonds is 6. The van der Waals surface area contributed by atoms with Gasteiger partial charge in [0.25, 0.3) is 0 Å². The summed E-state index contributed by atoms with van der Waals surface area (Å²) in [6, 6.07) is 9.47. The predicted molar refractivity (Wildman–Crippen MR) is 161 cm³/mol. The van der Waals surface area contributed by atoms with Crippen molar-refractivity contribution in [3.8, 4) is 0 Å². The summed E-state index contributed by atoms with van der Waals surface area (Å²) in [4.78, 5) is 4.93. The molecular weight excluding hydrogens is 642 g/mol. The molecule has 0 saturated carbocycles. The van der Waals surface area contributed by atoms with Gasteiger partial charge in [-0.1, -0.05) is 55.4 Å². The van der Waals surface area contributed by atoms with Crippen molar-refractivity contribution in [1.29, 1.82) is 0 Å². The van der Waals surface area contributed by atoms with E-state index in [1.165, 1.54) is 40.8 Å². The van der Waals surface area contributed by atoms with Crippen LogP contribution in [0.15, 0.2) is 36.7 Å². The molecule has 2 nitrogen and oxygen atoms in total. The van der Waals surface area contributed by atoms with Crippen molar-refractivity contribution in [3.05, 3.63) is 66.1 Å². The van der Waals surface area contributed by atoms with Crippen LogP contribution in [0.25, 0.3) is 0 Å². The molecule has 0 atom stereocenters. The van der Waals surface area contributed by atoms with E-state index in [1.54, 1.807) is 0 Å². The second-order valence-electron chi connectivity index (χ2n) is 9.86. The molecule has 0 bridgehead atoms. The zero-order valence-electron chi connectivity index (χ0n) is 20.5. The fraction of sp³-hybridized carbons (Fsp3) is 0.481. The zero-order valence-corrected chi connectivity index (χ0v) is 25.7. The Balaban J connectivity index is 0.00000363. The van der Waals surface area contributed by atoms with Crippen molar-refractivity contribution in [2.75, 3.05) is 16.5 Å². The summed E-state index contributed by atoms with van der Waals surface area (Å²) < 4.78 is 2.66. The number of halogens is 3. The van der Waals surface area contributed by atoms with E-state index in [0.29, 0.717) is 23.7 Å². The topological polar surface area (TPSA) is 6.48 Å². The molecule has 0 fully saturated rings. The summed E-state index contributed by atoms with van der Waals surface area (Å²) in [6.45, 7) is 19.3. The Morgan fingerprint density at radius 1 is 0.562 bits per heavy atom. The maximum atomic E-state index is 2.47. The summed E-state index contributed by atoms with van der Waals surface area (Å²) in [5.74, 6) is 1.95. The van der Waals surface area contributed by atoms with Gasteiger partial charge in [0.05, 0.1) is 6.67 Å². The van der Waals surface area contributed by atoms with Gasteiger partial charge in [-0.3, -0.25) is 0 Å². The van der Waals surface area contributed by atoms with Crippen molar-refractivity contribution in [2.45, 2.75) is 79.1 Å². The van der Waals surface area contributed by atoms with Gasteiger partial charge in [0, 0.05) is 30.9 Å². The zero-order chi connectivity index (χ0) is 23.0. The van der Waals surface area contributed by atoms with E-state index in [0.717, 1.165) is 6.67 Å². The Hall–Kier alpha value is -0.470. The minimum Gasteiger partial charge on any atom is -0.327 e. The third-order valence-electron chi connectivity index (χ3n) is 6.06. The van der Waals surface area contributed by atoms with Crippen LogP contribution in [-0.2, 0) is 0 Å². The minimum absolute atomic E-state index is 0. The molecule has 0 radical (unpaired) electrons. The van der Waals surface area contributed by atoms with E-state index >= 15 is 0 Å². The van der Waals surface area contributed by atoms with Gasteiger partial charge in [-0.05, 0) is 115 Å². The fourth-order valence-electron chi connectivity index (χ4n) is 4.42. The van der Waals surface area contributed by atoms with E-state index in [4.69, 9.17) is 0 Å². The smallest absolute Gasteiger partial charge is 0.0989 e. The molecule has 32 heavy (non-hydrogen) atoms. The van der Waals surface area contributed by atoms with Crippen LogP contribution in [0, 0.1) is 7.14 Å². The van der Waals surface area contributed by atoms with E-state index < -0.39 is 0 Å². The predicted octanol–water partition coefficient (Wildman–Crippen LogP) is 9.57. The standard InChI is InChI=1S/C27H36I2N2.ClH/c1-16(2)22-11-20(28)12-23(17(3)4)26(22)30-9-10-31(15-30)27-24(18(5)6)13-21(29)14-25(27)19(7)8;/h9-14,16-19H,15H2,1-8H3;1H. The van der Waals surface area contributed by atoms with E-state index in [1.807, 2.05) is 0 Å². The lowest BCUT2D eigenvalue weighted by Gasteiger charge is -2.31. The molecule has 0 saturated heterocycles. The summed E-state index contributed by atoms with van der Waals surface area (Å²) in [7, 11) is 0. The molecule has 1 heterocycles. The Morgan fingerprint density at radius 2 is 0.812 bits per heavy atom. The summed E-state index contributed by atoms with van der Waals surface area (Å²) in [5.41, 5.74) is 8.56. The van der Waals surface area contributed by atoms with Crippen LogP contribution in [0.4, 0.5) is 11.4 Å². The first kappa shape index (κ1) is 27.8. The molecule has 5 heteroatoms. The summed E-state index contributed by atoms with van der Waals surface area (Å²) in [6.07, 6.45) is 4.57. The molecule has 176 valence electrons. The molecule has 2 aromatic rings. The number of hydrogen-bond acceptors (Lipinski definition) is 2. The summed E-state index contributed by atoms with van der Waals surface area (Å²) in [5, 5.41) is 0. The van der Waals surface area contributed by atoms with Crippen LogP contribution in [0.3, 0.4) is 0 Å². The second-order valence-corrected chi connectivity index (χ2v) is 12.4. The lowest BCUT2D eigenvalue weighted by Crippen LogP contribution is -2.28. The summed E-state index contributed by atoms with van der Waals surface area (Å²) >= 11 is 4.94. The largest absolute Gasteiger partial charge is 0.327 e. The molecule has 0 amide bonds. The molecular formula is C27H37ClI2N2. The lowest BCUT2D eigenvalue weighted by molar-refractivity contribution is 0.801. The first-order chi connectivity index (χ1) is 14.5. The number of hydrogen-bond donors (Lipinski definition) is 0. The van der Waals surface area contributed by atoms with E-state index in [9.17, 15) is 0 Å². The van der Waals surface area contributed by atoms with Crippen molar-refractivity contribution >= 4 is 69.0 Å². The van der Waals surface area contributed by atoms with Crippen LogP contribution >= 0.6 is 57.6 Å². The average Bonchev–Trinajstić information content (AvgIpc) is 3.15. The maximum Gasteiger partial charge on any atom is 0.0989 e. The molecule has 0 unspecified atom stereocenters. The number of nitrogens with zero attached hydrogens (tertiary/aromatic N) is 2. The monoisotopic (exact) mass is 678 g/mol. The highest BCUT2D eigenvalue weighted by atomic mass is 127. The number of benzene rings is 2. The van der Waals surface area contributed by atoms with Gasteiger partial charge in [0.15, 0.2) is 0 Å². The highest BCUT2D eigenvalue weighted by Gasteiger charge is 2.27. The van der Waals surface area contributed by atoms with Gasteiger partial charge in [0.2, 0.25) is 0 Å². The van der Waals surface area contributed by atoms with Crippen LogP contribution in [0.1, 0.15) is 101 Å². The van der Waals surface area contributed by atoms with Gasteiger partial charge >= 0.3 is 0 Å². The molecule has 0 aliphatic carbocycles. The Kier molecular flexibility index (Phi) is 9.81. The molecule has 0 spiro atoms. The van der Waals surface area contributed by atoms with Crippen molar-refractivity contribution < 1.29 is 0 Å². The second kappa shape index (κ2) is 11.3. The first-order valence-electron chi connectivity index (χ1n) is 11.4. The molecule has 1 aliphatic rings. The highest BCUT2D eigenvalue weighted by molar-refractivity contribution is 14.1. The Morgan fingerprint density at radius 3 is 1.03 bits per heavy atom. The molecule has 1 aliphatic heterocycles. The normalized spacial score (nSPS) is 13.8.